The van der Waals surface area contributed by atoms with Crippen molar-refractivity contribution in [3.8, 4) is 5.75 Å². The van der Waals surface area contributed by atoms with Gasteiger partial charge in [-0.1, -0.05) is 32.0 Å². The van der Waals surface area contributed by atoms with Gasteiger partial charge in [0.15, 0.2) is 0 Å². The first-order valence-corrected chi connectivity index (χ1v) is 10.1. The van der Waals surface area contributed by atoms with Gasteiger partial charge in [0, 0.05) is 19.3 Å². The van der Waals surface area contributed by atoms with E-state index in [4.69, 9.17) is 4.74 Å². The molecule has 3 rings (SSSR count). The van der Waals surface area contributed by atoms with Crippen LogP contribution in [0, 0.1) is 0 Å². The topological polar surface area (TPSA) is 83.0 Å². The molecule has 2 heterocycles. The van der Waals surface area contributed by atoms with Crippen LogP contribution in [0.1, 0.15) is 31.1 Å². The Bertz CT molecular complexity index is 938. The highest BCUT2D eigenvalue weighted by Gasteiger charge is 2.46. The number of hydrogen-bond acceptors (Lipinski definition) is 6. The Kier molecular flexibility index (Phi) is 6.84. The molecule has 7 heteroatoms. The Balaban J connectivity index is 2.11. The summed E-state index contributed by atoms with van der Waals surface area (Å²) >= 11 is 0. The zero-order valence-corrected chi connectivity index (χ0v) is 17.5. The summed E-state index contributed by atoms with van der Waals surface area (Å²) in [5.74, 6) is -1.18. The molecule has 1 amide bonds. The van der Waals surface area contributed by atoms with Gasteiger partial charge in [-0.2, -0.15) is 0 Å². The van der Waals surface area contributed by atoms with Crippen molar-refractivity contribution in [2.24, 2.45) is 0 Å². The van der Waals surface area contributed by atoms with Crippen LogP contribution in [0.4, 0.5) is 0 Å². The third-order valence-corrected chi connectivity index (χ3v) is 5.42. The highest BCUT2D eigenvalue weighted by Crippen LogP contribution is 2.39. The number of carbonyl (C=O) groups excluding carboxylic acids is 2. The maximum absolute atomic E-state index is 13.0. The van der Waals surface area contributed by atoms with Crippen LogP contribution >= 0.6 is 0 Å². The number of aliphatic hydroxyl groups excluding tert-OH is 1. The molecule has 0 radical (unpaired) electrons. The number of ether oxygens (including phenoxy) is 1. The summed E-state index contributed by atoms with van der Waals surface area (Å²) in [6, 6.07) is 11.4. The van der Waals surface area contributed by atoms with Gasteiger partial charge >= 0.3 is 0 Å². The number of methoxy groups -OCH3 is 1. The molecule has 0 saturated carbocycles. The van der Waals surface area contributed by atoms with Crippen molar-refractivity contribution in [1.82, 2.24) is 14.8 Å². The van der Waals surface area contributed by atoms with E-state index in [1.807, 2.05) is 0 Å². The first kappa shape index (κ1) is 21.5. The van der Waals surface area contributed by atoms with Crippen LogP contribution in [0.3, 0.4) is 0 Å². The van der Waals surface area contributed by atoms with Crippen LogP contribution in [0.25, 0.3) is 5.76 Å². The van der Waals surface area contributed by atoms with E-state index in [1.54, 1.807) is 48.7 Å². The standard InChI is InChI=1S/C23H27N3O4/c1-4-25(5-2)14-15-26-20(17-11-8-9-13-24-17)19(22(28)23(26)29)21(27)16-10-6-7-12-18(16)30-3/h6-13,20,27H,4-5,14-15H2,1-3H3/b21-19-. The Morgan fingerprint density at radius 2 is 1.83 bits per heavy atom. The lowest BCUT2D eigenvalue weighted by Crippen LogP contribution is -2.38. The monoisotopic (exact) mass is 409 g/mol. The third-order valence-electron chi connectivity index (χ3n) is 5.42. The lowest BCUT2D eigenvalue weighted by atomic mass is 9.98. The number of nitrogens with zero attached hydrogens (tertiary/aromatic N) is 3. The minimum Gasteiger partial charge on any atom is -0.507 e. The van der Waals surface area contributed by atoms with Crippen LogP contribution in [0.15, 0.2) is 54.2 Å². The van der Waals surface area contributed by atoms with Crippen LogP contribution in [-0.2, 0) is 9.59 Å². The smallest absolute Gasteiger partial charge is 0.295 e. The molecule has 1 aromatic heterocycles. The summed E-state index contributed by atoms with van der Waals surface area (Å²) in [5, 5.41) is 11.1. The summed E-state index contributed by atoms with van der Waals surface area (Å²) in [7, 11) is 1.49. The first-order chi connectivity index (χ1) is 14.5. The number of pyridine rings is 1. The second-order valence-corrected chi connectivity index (χ2v) is 6.97. The quantitative estimate of drug-likeness (QED) is 0.410. The number of benzene rings is 1. The number of Topliss-reactive ketones (excluding diaryl/α,β-unsaturated/α-hetero) is 1. The fraction of sp³-hybridized carbons (Fsp3) is 0.348. The predicted octanol–water partition coefficient (Wildman–Crippen LogP) is 2.85. The molecule has 1 atom stereocenters. The highest BCUT2D eigenvalue weighted by molar-refractivity contribution is 6.46. The second kappa shape index (κ2) is 9.54. The van der Waals surface area contributed by atoms with Gasteiger partial charge in [0.2, 0.25) is 0 Å². The number of amides is 1. The zero-order chi connectivity index (χ0) is 21.7. The van der Waals surface area contributed by atoms with Gasteiger partial charge in [0.25, 0.3) is 11.7 Å². The molecule has 0 bridgehead atoms. The van der Waals surface area contributed by atoms with Gasteiger partial charge in [0.05, 0.1) is 23.9 Å². The fourth-order valence-electron chi connectivity index (χ4n) is 3.73. The average molecular weight is 409 g/mol. The van der Waals surface area contributed by atoms with E-state index < -0.39 is 17.7 Å². The van der Waals surface area contributed by atoms with Gasteiger partial charge in [-0.3, -0.25) is 14.6 Å². The number of carbonyl (C=O) groups is 2. The molecule has 158 valence electrons. The largest absolute Gasteiger partial charge is 0.507 e. The number of aromatic nitrogens is 1. The molecule has 1 aliphatic heterocycles. The number of ketones is 1. The van der Waals surface area contributed by atoms with Crippen LogP contribution in [0.2, 0.25) is 0 Å². The Morgan fingerprint density at radius 3 is 2.47 bits per heavy atom. The third kappa shape index (κ3) is 4.07. The number of likely N-dealkylation sites (tertiary alicyclic amines) is 1. The molecule has 1 saturated heterocycles. The van der Waals surface area contributed by atoms with Gasteiger partial charge in [-0.15, -0.1) is 0 Å². The molecule has 1 aromatic carbocycles. The highest BCUT2D eigenvalue weighted by atomic mass is 16.5. The molecule has 2 aromatic rings. The molecule has 0 aliphatic carbocycles. The van der Waals surface area contributed by atoms with Crippen LogP contribution < -0.4 is 4.74 Å². The van der Waals surface area contributed by atoms with E-state index in [0.29, 0.717) is 30.1 Å². The molecule has 0 spiro atoms. The lowest BCUT2D eigenvalue weighted by molar-refractivity contribution is -0.140. The summed E-state index contributed by atoms with van der Waals surface area (Å²) in [4.78, 5) is 34.0. The molecule has 1 N–H and O–H groups in total. The van der Waals surface area contributed by atoms with E-state index in [2.05, 4.69) is 23.7 Å². The van der Waals surface area contributed by atoms with E-state index in [9.17, 15) is 14.7 Å². The number of para-hydroxylation sites is 1. The second-order valence-electron chi connectivity index (χ2n) is 6.97. The Morgan fingerprint density at radius 1 is 1.13 bits per heavy atom. The maximum atomic E-state index is 13.0. The van der Waals surface area contributed by atoms with E-state index in [0.717, 1.165) is 13.1 Å². The summed E-state index contributed by atoms with van der Waals surface area (Å²) in [5.41, 5.74) is 0.929. The van der Waals surface area contributed by atoms with E-state index in [1.165, 1.54) is 12.0 Å². The number of aliphatic hydroxyl groups is 1. The Labute approximate surface area is 176 Å². The summed E-state index contributed by atoms with van der Waals surface area (Å²) < 4.78 is 5.34. The van der Waals surface area contributed by atoms with Crippen molar-refractivity contribution in [3.05, 3.63) is 65.5 Å². The minimum absolute atomic E-state index is 0.0303. The Hall–Kier alpha value is -3.19. The molecule has 1 aliphatic rings. The fourth-order valence-corrected chi connectivity index (χ4v) is 3.73. The minimum atomic E-state index is -0.758. The zero-order valence-electron chi connectivity index (χ0n) is 17.5. The van der Waals surface area contributed by atoms with Gasteiger partial charge < -0.3 is 19.6 Å². The number of hydrogen-bond donors (Lipinski definition) is 1. The van der Waals surface area contributed by atoms with Crippen molar-refractivity contribution in [3.63, 3.8) is 0 Å². The van der Waals surface area contributed by atoms with E-state index >= 15 is 0 Å². The summed E-state index contributed by atoms with van der Waals surface area (Å²) in [6.45, 7) is 6.77. The maximum Gasteiger partial charge on any atom is 0.295 e. The normalized spacial score (nSPS) is 18.3. The number of likely N-dealkylation sites (N-methyl/N-ethyl adjacent to an activating group) is 1. The van der Waals surface area contributed by atoms with Crippen molar-refractivity contribution in [1.29, 1.82) is 0 Å². The van der Waals surface area contributed by atoms with Crippen molar-refractivity contribution in [2.75, 3.05) is 33.3 Å². The predicted molar refractivity (Wildman–Crippen MR) is 114 cm³/mol. The van der Waals surface area contributed by atoms with Crippen molar-refractivity contribution in [2.45, 2.75) is 19.9 Å². The van der Waals surface area contributed by atoms with Crippen LogP contribution in [0.5, 0.6) is 5.75 Å². The van der Waals surface area contributed by atoms with Crippen molar-refractivity contribution < 1.29 is 19.4 Å². The molecule has 1 unspecified atom stereocenters. The molecular weight excluding hydrogens is 382 g/mol. The average Bonchev–Trinajstić information content (AvgIpc) is 3.04. The first-order valence-electron chi connectivity index (χ1n) is 10.1. The molecule has 7 nitrogen and oxygen atoms in total. The molecule has 30 heavy (non-hydrogen) atoms. The van der Waals surface area contributed by atoms with Gasteiger partial charge in [-0.05, 0) is 37.4 Å². The molecular formula is C23H27N3O4. The van der Waals surface area contributed by atoms with Gasteiger partial charge in [0.1, 0.15) is 17.6 Å². The van der Waals surface area contributed by atoms with Crippen molar-refractivity contribution >= 4 is 17.4 Å². The summed E-state index contributed by atoms with van der Waals surface area (Å²) in [6.07, 6.45) is 1.61. The lowest BCUT2D eigenvalue weighted by Gasteiger charge is -2.27. The van der Waals surface area contributed by atoms with Gasteiger partial charge in [-0.25, -0.2) is 0 Å². The van der Waals surface area contributed by atoms with E-state index in [-0.39, 0.29) is 11.3 Å². The van der Waals surface area contributed by atoms with Crippen LogP contribution in [-0.4, -0.2) is 64.9 Å². The number of rotatable bonds is 8. The molecule has 1 fully saturated rings. The SMILES string of the molecule is CCN(CC)CCN1C(=O)C(=O)/C(=C(\O)c2ccccc2OC)C1c1ccccn1.